The molecular formula is C17H18NO4-. The van der Waals surface area contributed by atoms with E-state index in [-0.39, 0.29) is 12.5 Å². The van der Waals surface area contributed by atoms with E-state index >= 15 is 0 Å². The number of hydrogen-bond acceptors (Lipinski definition) is 4. The first-order valence-corrected chi connectivity index (χ1v) is 7.09. The summed E-state index contributed by atoms with van der Waals surface area (Å²) in [5, 5.41) is 15.4. The zero-order valence-corrected chi connectivity index (χ0v) is 12.5. The zero-order valence-electron chi connectivity index (χ0n) is 12.5. The van der Waals surface area contributed by atoms with Gasteiger partial charge in [0.25, 0.3) is 5.91 Å². The Kier molecular flexibility index (Phi) is 4.99. The lowest BCUT2D eigenvalue weighted by Gasteiger charge is -2.23. The predicted octanol–water partition coefficient (Wildman–Crippen LogP) is 1.11. The van der Waals surface area contributed by atoms with Crippen LogP contribution < -0.4 is 15.2 Å². The maximum atomic E-state index is 11.8. The van der Waals surface area contributed by atoms with E-state index in [9.17, 15) is 14.7 Å². The first-order chi connectivity index (χ1) is 10.5. The van der Waals surface area contributed by atoms with E-state index in [1.165, 1.54) is 0 Å². The maximum Gasteiger partial charge on any atom is 0.258 e. The van der Waals surface area contributed by atoms with Crippen molar-refractivity contribution in [3.63, 3.8) is 0 Å². The average Bonchev–Trinajstić information content (AvgIpc) is 2.49. The smallest absolute Gasteiger partial charge is 0.258 e. The Morgan fingerprint density at radius 2 is 1.82 bits per heavy atom. The van der Waals surface area contributed by atoms with Gasteiger partial charge in [0.05, 0.1) is 12.0 Å². The first kappa shape index (κ1) is 15.8. The number of carbonyl (C=O) groups excluding carboxylic acids is 2. The Morgan fingerprint density at radius 1 is 1.14 bits per heavy atom. The molecule has 0 saturated heterocycles. The Balaban J connectivity index is 1.96. The number of aliphatic carboxylic acids is 1. The molecule has 0 heterocycles. The fourth-order valence-corrected chi connectivity index (χ4v) is 2.12. The van der Waals surface area contributed by atoms with Crippen molar-refractivity contribution in [3.8, 4) is 5.75 Å². The molecule has 0 radical (unpaired) electrons. The van der Waals surface area contributed by atoms with Crippen LogP contribution in [0.4, 0.5) is 0 Å². The predicted molar refractivity (Wildman–Crippen MR) is 81.2 cm³/mol. The second kappa shape index (κ2) is 6.93. The van der Waals surface area contributed by atoms with Gasteiger partial charge in [-0.05, 0) is 28.8 Å². The fourth-order valence-electron chi connectivity index (χ4n) is 2.12. The van der Waals surface area contributed by atoms with Crippen molar-refractivity contribution >= 4 is 22.6 Å². The molecule has 0 aliphatic rings. The molecule has 0 aliphatic carbocycles. The standard InChI is InChI=1S/C17H19NO4/c1-11(2)16(17(20)21)18-15(19)10-22-14-8-7-12-5-3-4-6-13(12)9-14/h3-9,11,16H,10H2,1-2H3,(H,18,19)(H,20,21)/p-1/t16-/m1/s1. The summed E-state index contributed by atoms with van der Waals surface area (Å²) < 4.78 is 5.41. The van der Waals surface area contributed by atoms with Crippen LogP contribution >= 0.6 is 0 Å². The molecule has 5 nitrogen and oxygen atoms in total. The van der Waals surface area contributed by atoms with Crippen molar-refractivity contribution in [1.82, 2.24) is 5.32 Å². The number of hydrogen-bond donors (Lipinski definition) is 1. The Bertz CT molecular complexity index is 681. The topological polar surface area (TPSA) is 78.5 Å². The van der Waals surface area contributed by atoms with E-state index in [4.69, 9.17) is 4.74 Å². The molecule has 116 valence electrons. The van der Waals surface area contributed by atoms with Crippen LogP contribution in [-0.2, 0) is 9.59 Å². The van der Waals surface area contributed by atoms with Crippen LogP contribution in [0.2, 0.25) is 0 Å². The molecule has 1 atom stereocenters. The summed E-state index contributed by atoms with van der Waals surface area (Å²) in [6.07, 6.45) is 0. The first-order valence-electron chi connectivity index (χ1n) is 7.09. The summed E-state index contributed by atoms with van der Waals surface area (Å²) in [4.78, 5) is 22.7. The van der Waals surface area contributed by atoms with Gasteiger partial charge in [-0.2, -0.15) is 0 Å². The van der Waals surface area contributed by atoms with Crippen LogP contribution in [0.3, 0.4) is 0 Å². The molecule has 1 N–H and O–H groups in total. The van der Waals surface area contributed by atoms with Crippen LogP contribution in [0.5, 0.6) is 5.75 Å². The van der Waals surface area contributed by atoms with Gasteiger partial charge in [0, 0.05) is 0 Å². The van der Waals surface area contributed by atoms with Gasteiger partial charge in [0.1, 0.15) is 5.75 Å². The third-order valence-corrected chi connectivity index (χ3v) is 3.33. The number of carbonyl (C=O) groups is 2. The highest BCUT2D eigenvalue weighted by molar-refractivity contribution is 5.85. The third-order valence-electron chi connectivity index (χ3n) is 3.33. The van der Waals surface area contributed by atoms with Gasteiger partial charge in [-0.1, -0.05) is 44.2 Å². The second-order valence-corrected chi connectivity index (χ2v) is 5.41. The summed E-state index contributed by atoms with van der Waals surface area (Å²) in [5.41, 5.74) is 0. The number of fused-ring (bicyclic) bond motifs is 1. The van der Waals surface area contributed by atoms with Crippen molar-refractivity contribution in [2.75, 3.05) is 6.61 Å². The summed E-state index contributed by atoms with van der Waals surface area (Å²) in [5.74, 6) is -1.48. The molecule has 0 unspecified atom stereocenters. The lowest BCUT2D eigenvalue weighted by Crippen LogP contribution is -2.51. The highest BCUT2D eigenvalue weighted by Crippen LogP contribution is 2.20. The minimum absolute atomic E-state index is 0.241. The summed E-state index contributed by atoms with van der Waals surface area (Å²) >= 11 is 0. The Hall–Kier alpha value is -2.56. The Labute approximate surface area is 128 Å². The van der Waals surface area contributed by atoms with Crippen LogP contribution in [0, 0.1) is 5.92 Å². The van der Waals surface area contributed by atoms with E-state index in [0.717, 1.165) is 10.8 Å². The molecule has 22 heavy (non-hydrogen) atoms. The van der Waals surface area contributed by atoms with Crippen molar-refractivity contribution in [2.45, 2.75) is 19.9 Å². The summed E-state index contributed by atoms with van der Waals surface area (Å²) in [7, 11) is 0. The lowest BCUT2D eigenvalue weighted by molar-refractivity contribution is -0.309. The summed E-state index contributed by atoms with van der Waals surface area (Å²) in [6.45, 7) is 3.16. The lowest BCUT2D eigenvalue weighted by atomic mass is 10.1. The molecule has 5 heteroatoms. The van der Waals surface area contributed by atoms with Gasteiger partial charge >= 0.3 is 0 Å². The molecule has 2 aromatic rings. The van der Waals surface area contributed by atoms with E-state index in [2.05, 4.69) is 5.32 Å². The average molecular weight is 300 g/mol. The van der Waals surface area contributed by atoms with Crippen LogP contribution in [0.1, 0.15) is 13.8 Å². The van der Waals surface area contributed by atoms with Gasteiger partial charge < -0.3 is 20.0 Å². The minimum atomic E-state index is -1.30. The van der Waals surface area contributed by atoms with Crippen molar-refractivity contribution in [2.24, 2.45) is 5.92 Å². The van der Waals surface area contributed by atoms with E-state index in [0.29, 0.717) is 5.75 Å². The normalized spacial score (nSPS) is 12.1. The molecule has 0 saturated carbocycles. The largest absolute Gasteiger partial charge is 0.548 e. The molecule has 0 aromatic heterocycles. The highest BCUT2D eigenvalue weighted by Gasteiger charge is 2.17. The number of amides is 1. The number of carboxylic acids is 1. The quantitative estimate of drug-likeness (QED) is 0.867. The minimum Gasteiger partial charge on any atom is -0.548 e. The molecule has 0 bridgehead atoms. The van der Waals surface area contributed by atoms with E-state index < -0.39 is 17.9 Å². The SMILES string of the molecule is CC(C)[C@@H](NC(=O)COc1ccc2ccccc2c1)C(=O)[O-]. The van der Waals surface area contributed by atoms with E-state index in [1.807, 2.05) is 36.4 Å². The monoisotopic (exact) mass is 300 g/mol. The van der Waals surface area contributed by atoms with Gasteiger partial charge in [-0.25, -0.2) is 0 Å². The number of nitrogens with one attached hydrogen (secondary N) is 1. The molecule has 0 aliphatic heterocycles. The number of ether oxygens (including phenoxy) is 1. The van der Waals surface area contributed by atoms with Crippen LogP contribution in [-0.4, -0.2) is 24.5 Å². The molecule has 2 aromatic carbocycles. The van der Waals surface area contributed by atoms with Gasteiger partial charge in [0.2, 0.25) is 0 Å². The molecule has 1 amide bonds. The molecule has 0 spiro atoms. The third kappa shape index (κ3) is 3.97. The van der Waals surface area contributed by atoms with Crippen molar-refractivity contribution in [3.05, 3.63) is 42.5 Å². The molecule has 0 fully saturated rings. The highest BCUT2D eigenvalue weighted by atomic mass is 16.5. The second-order valence-electron chi connectivity index (χ2n) is 5.41. The molecule has 2 rings (SSSR count). The number of carboxylic acid groups (broad SMARTS) is 1. The van der Waals surface area contributed by atoms with Crippen molar-refractivity contribution in [1.29, 1.82) is 0 Å². The molecular weight excluding hydrogens is 282 g/mol. The number of benzene rings is 2. The van der Waals surface area contributed by atoms with Gasteiger partial charge in [-0.15, -0.1) is 0 Å². The summed E-state index contributed by atoms with van der Waals surface area (Å²) in [6, 6.07) is 12.3. The van der Waals surface area contributed by atoms with Crippen LogP contribution in [0.25, 0.3) is 10.8 Å². The zero-order chi connectivity index (χ0) is 16.1. The van der Waals surface area contributed by atoms with E-state index in [1.54, 1.807) is 19.9 Å². The number of rotatable bonds is 6. The van der Waals surface area contributed by atoms with Crippen molar-refractivity contribution < 1.29 is 19.4 Å². The van der Waals surface area contributed by atoms with Gasteiger partial charge in [-0.3, -0.25) is 4.79 Å². The van der Waals surface area contributed by atoms with Crippen LogP contribution in [0.15, 0.2) is 42.5 Å². The fraction of sp³-hybridized carbons (Fsp3) is 0.294. The van der Waals surface area contributed by atoms with Gasteiger partial charge in [0.15, 0.2) is 6.61 Å². The Morgan fingerprint density at radius 3 is 2.45 bits per heavy atom. The maximum absolute atomic E-state index is 11.8.